The number of carbonyl (C=O) groups excluding carboxylic acids is 2. The number of likely N-dealkylation sites (tertiary alicyclic amines) is 1. The van der Waals surface area contributed by atoms with Crippen LogP contribution in [0.1, 0.15) is 65.4 Å². The second-order valence-electron chi connectivity index (χ2n) is 11.1. The lowest BCUT2D eigenvalue weighted by Gasteiger charge is -2.33. The first-order valence-corrected chi connectivity index (χ1v) is 13.0. The van der Waals surface area contributed by atoms with E-state index in [0.717, 1.165) is 25.9 Å². The van der Waals surface area contributed by atoms with E-state index in [1.165, 1.54) is 10.9 Å². The molecule has 38 heavy (non-hydrogen) atoms. The molecule has 0 spiro atoms. The first-order valence-electron chi connectivity index (χ1n) is 13.0. The Morgan fingerprint density at radius 3 is 2.58 bits per heavy atom. The molecule has 5 N–H and O–H groups in total. The SMILES string of the molecule is CCNC(=O)C1OC(n2cnc3c(N)nc(C#CCC4CCN(C(=O)CC(C)(C)C)CC4)nc32)C(O)C1O. The molecule has 0 radical (unpaired) electrons. The number of fused-ring (bicyclic) bond motifs is 1. The molecular weight excluding hydrogens is 490 g/mol. The van der Waals surface area contributed by atoms with Crippen LogP contribution in [0, 0.1) is 23.2 Å². The first kappa shape index (κ1) is 27.8. The van der Waals surface area contributed by atoms with Crippen LogP contribution in [0.2, 0.25) is 0 Å². The highest BCUT2D eigenvalue weighted by molar-refractivity contribution is 5.83. The van der Waals surface area contributed by atoms with Gasteiger partial charge in [-0.1, -0.05) is 26.7 Å². The van der Waals surface area contributed by atoms with Crippen molar-refractivity contribution in [2.24, 2.45) is 11.3 Å². The molecule has 2 aliphatic rings. The van der Waals surface area contributed by atoms with E-state index < -0.39 is 30.4 Å². The fourth-order valence-corrected chi connectivity index (χ4v) is 4.79. The zero-order valence-electron chi connectivity index (χ0n) is 22.3. The summed E-state index contributed by atoms with van der Waals surface area (Å²) in [5.41, 5.74) is 6.65. The number of rotatable bonds is 5. The third-order valence-corrected chi connectivity index (χ3v) is 6.81. The van der Waals surface area contributed by atoms with E-state index in [9.17, 15) is 19.8 Å². The lowest BCUT2D eigenvalue weighted by atomic mass is 9.89. The van der Waals surface area contributed by atoms with Gasteiger partial charge < -0.3 is 30.9 Å². The summed E-state index contributed by atoms with van der Waals surface area (Å²) in [5, 5.41) is 23.5. The number of hydrogen-bond acceptors (Lipinski definition) is 9. The van der Waals surface area contributed by atoms with Crippen molar-refractivity contribution in [1.29, 1.82) is 0 Å². The predicted molar refractivity (Wildman–Crippen MR) is 139 cm³/mol. The second-order valence-corrected chi connectivity index (χ2v) is 11.1. The molecule has 2 aromatic rings. The van der Waals surface area contributed by atoms with Gasteiger partial charge in [-0.3, -0.25) is 14.2 Å². The molecule has 2 aromatic heterocycles. The normalized spacial score (nSPS) is 24.3. The summed E-state index contributed by atoms with van der Waals surface area (Å²) >= 11 is 0. The number of anilines is 1. The fourth-order valence-electron chi connectivity index (χ4n) is 4.79. The molecule has 2 aliphatic heterocycles. The standard InChI is InChI=1S/C26H37N7O5/c1-5-28-24(37)21-19(35)20(36)25(38-21)33-14-29-18-22(27)30-16(31-23(18)33)8-6-7-15-9-11-32(12-10-15)17(34)13-26(2,3)4/h14-15,19-21,25,35-36H,5,7,9-13H2,1-4H3,(H,28,37)(H2,27,30,31). The number of aliphatic hydroxyl groups excluding tert-OH is 2. The number of nitrogens with zero attached hydrogens (tertiary/aromatic N) is 5. The van der Waals surface area contributed by atoms with E-state index in [0.29, 0.717) is 30.8 Å². The van der Waals surface area contributed by atoms with Gasteiger partial charge in [0, 0.05) is 32.5 Å². The number of carbonyl (C=O) groups is 2. The smallest absolute Gasteiger partial charge is 0.252 e. The Hall–Kier alpha value is -3.27. The van der Waals surface area contributed by atoms with Crippen molar-refractivity contribution >= 4 is 28.8 Å². The molecule has 4 heterocycles. The van der Waals surface area contributed by atoms with Gasteiger partial charge in [-0.2, -0.15) is 0 Å². The van der Waals surface area contributed by atoms with Gasteiger partial charge in [0.1, 0.15) is 17.7 Å². The quantitative estimate of drug-likeness (QED) is 0.406. The molecule has 0 saturated carbocycles. The van der Waals surface area contributed by atoms with Gasteiger partial charge in [0.2, 0.25) is 11.7 Å². The van der Waals surface area contributed by atoms with Gasteiger partial charge >= 0.3 is 0 Å². The third-order valence-electron chi connectivity index (χ3n) is 6.81. The van der Waals surface area contributed by atoms with Crippen molar-refractivity contribution in [1.82, 2.24) is 29.7 Å². The van der Waals surface area contributed by atoms with Crippen LogP contribution in [0.25, 0.3) is 11.2 Å². The van der Waals surface area contributed by atoms with E-state index >= 15 is 0 Å². The van der Waals surface area contributed by atoms with Crippen molar-refractivity contribution in [3.63, 3.8) is 0 Å². The maximum Gasteiger partial charge on any atom is 0.252 e. The molecule has 2 fully saturated rings. The highest BCUT2D eigenvalue weighted by Crippen LogP contribution is 2.32. The van der Waals surface area contributed by atoms with E-state index in [1.807, 2.05) is 4.90 Å². The minimum absolute atomic E-state index is 0.0229. The summed E-state index contributed by atoms with van der Waals surface area (Å²) in [5.74, 6) is 6.50. The topological polar surface area (TPSA) is 169 Å². The highest BCUT2D eigenvalue weighted by atomic mass is 16.6. The van der Waals surface area contributed by atoms with Crippen LogP contribution in [-0.2, 0) is 14.3 Å². The van der Waals surface area contributed by atoms with Crippen LogP contribution in [0.15, 0.2) is 6.33 Å². The number of nitrogens with one attached hydrogen (secondary N) is 1. The Bertz CT molecular complexity index is 1240. The van der Waals surface area contributed by atoms with Crippen molar-refractivity contribution < 1.29 is 24.5 Å². The highest BCUT2D eigenvalue weighted by Gasteiger charge is 2.47. The van der Waals surface area contributed by atoms with Crippen LogP contribution >= 0.6 is 0 Å². The van der Waals surface area contributed by atoms with Crippen LogP contribution in [0.5, 0.6) is 0 Å². The summed E-state index contributed by atoms with van der Waals surface area (Å²) in [4.78, 5) is 39.6. The largest absolute Gasteiger partial charge is 0.387 e. The monoisotopic (exact) mass is 527 g/mol. The molecule has 206 valence electrons. The fraction of sp³-hybridized carbons (Fsp3) is 0.654. The van der Waals surface area contributed by atoms with Gasteiger partial charge in [-0.15, -0.1) is 0 Å². The minimum atomic E-state index is -1.42. The maximum atomic E-state index is 12.5. The van der Waals surface area contributed by atoms with Crippen LogP contribution in [0.4, 0.5) is 5.82 Å². The number of aliphatic hydroxyl groups is 2. The number of ether oxygens (including phenoxy) is 1. The number of likely N-dealkylation sites (N-methyl/N-ethyl adjacent to an activating group) is 1. The number of nitrogen functional groups attached to an aromatic ring is 1. The Kier molecular flexibility index (Phi) is 8.20. The van der Waals surface area contributed by atoms with Crippen LogP contribution in [0.3, 0.4) is 0 Å². The number of imidazole rings is 1. The molecule has 0 aromatic carbocycles. The Labute approximate surface area is 222 Å². The van der Waals surface area contributed by atoms with Crippen LogP contribution < -0.4 is 11.1 Å². The maximum absolute atomic E-state index is 12.5. The summed E-state index contributed by atoms with van der Waals surface area (Å²) < 4.78 is 7.12. The van der Waals surface area contributed by atoms with Gasteiger partial charge in [0.25, 0.3) is 5.91 Å². The average molecular weight is 528 g/mol. The van der Waals surface area contributed by atoms with Crippen molar-refractivity contribution in [3.05, 3.63) is 12.2 Å². The third kappa shape index (κ3) is 6.06. The van der Waals surface area contributed by atoms with Gasteiger partial charge in [0.05, 0.1) is 6.33 Å². The molecule has 0 bridgehead atoms. The lowest BCUT2D eigenvalue weighted by molar-refractivity contribution is -0.137. The molecule has 4 unspecified atom stereocenters. The summed E-state index contributed by atoms with van der Waals surface area (Å²) in [6, 6.07) is 0. The molecule has 4 atom stereocenters. The zero-order chi connectivity index (χ0) is 27.6. The summed E-state index contributed by atoms with van der Waals surface area (Å²) in [7, 11) is 0. The lowest BCUT2D eigenvalue weighted by Crippen LogP contribution is -2.42. The summed E-state index contributed by atoms with van der Waals surface area (Å²) in [6.07, 6.45) is -0.773. The Morgan fingerprint density at radius 2 is 1.92 bits per heavy atom. The van der Waals surface area contributed by atoms with Crippen molar-refractivity contribution in [2.45, 2.75) is 77.9 Å². The first-order chi connectivity index (χ1) is 18.0. The molecular formula is C26H37N7O5. The minimum Gasteiger partial charge on any atom is -0.387 e. The molecule has 0 aliphatic carbocycles. The molecule has 4 rings (SSSR count). The number of hydrogen-bond donors (Lipinski definition) is 4. The van der Waals surface area contributed by atoms with E-state index in [2.05, 4.69) is 52.9 Å². The van der Waals surface area contributed by atoms with E-state index in [4.69, 9.17) is 10.5 Å². The van der Waals surface area contributed by atoms with Gasteiger partial charge in [-0.05, 0) is 37.0 Å². The molecule has 12 nitrogen and oxygen atoms in total. The van der Waals surface area contributed by atoms with Gasteiger partial charge in [0.15, 0.2) is 23.8 Å². The summed E-state index contributed by atoms with van der Waals surface area (Å²) in [6.45, 7) is 9.80. The molecule has 2 saturated heterocycles. The number of piperidine rings is 1. The van der Waals surface area contributed by atoms with Crippen molar-refractivity contribution in [2.75, 3.05) is 25.4 Å². The van der Waals surface area contributed by atoms with Crippen LogP contribution in [-0.4, -0.2) is 84.4 Å². The Balaban J connectivity index is 1.43. The number of nitrogens with two attached hydrogens (primary N) is 1. The van der Waals surface area contributed by atoms with E-state index in [1.54, 1.807) is 6.92 Å². The second kappa shape index (κ2) is 11.2. The van der Waals surface area contributed by atoms with Crippen molar-refractivity contribution in [3.8, 4) is 11.8 Å². The zero-order valence-corrected chi connectivity index (χ0v) is 22.3. The molecule has 12 heteroatoms. The number of aromatic nitrogens is 4. The Morgan fingerprint density at radius 1 is 1.21 bits per heavy atom. The van der Waals surface area contributed by atoms with E-state index in [-0.39, 0.29) is 28.6 Å². The number of amides is 2. The predicted octanol–water partition coefficient (Wildman–Crippen LogP) is 0.580. The average Bonchev–Trinajstić information content (AvgIpc) is 3.40. The van der Waals surface area contributed by atoms with Gasteiger partial charge in [-0.25, -0.2) is 15.0 Å². The molecule has 2 amide bonds.